The van der Waals surface area contributed by atoms with Crippen LogP contribution in [0.1, 0.15) is 18.1 Å². The molecule has 0 bridgehead atoms. The molecule has 0 spiro atoms. The number of nitrogens with one attached hydrogen (secondary N) is 1. The van der Waals surface area contributed by atoms with Crippen molar-refractivity contribution < 1.29 is 14.3 Å². The first-order valence-corrected chi connectivity index (χ1v) is 7.13. The van der Waals surface area contributed by atoms with Gasteiger partial charge in [-0.25, -0.2) is 0 Å². The smallest absolute Gasteiger partial charge is 0.309 e. The Morgan fingerprint density at radius 1 is 1.58 bits per heavy atom. The molecular weight excluding hydrogens is 310 g/mol. The zero-order chi connectivity index (χ0) is 13.8. The van der Waals surface area contributed by atoms with E-state index in [9.17, 15) is 4.79 Å². The van der Waals surface area contributed by atoms with Crippen molar-refractivity contribution in [2.24, 2.45) is 5.92 Å². The third-order valence-corrected chi connectivity index (χ3v) is 3.65. The number of rotatable bonds is 5. The van der Waals surface area contributed by atoms with Crippen LogP contribution in [0.25, 0.3) is 0 Å². The number of halogens is 1. The quantitative estimate of drug-likeness (QED) is 0.843. The largest absolute Gasteiger partial charge is 0.493 e. The molecule has 0 fully saturated rings. The van der Waals surface area contributed by atoms with Crippen molar-refractivity contribution in [2.45, 2.75) is 19.9 Å². The highest BCUT2D eigenvalue weighted by Crippen LogP contribution is 2.32. The molecule has 0 aromatic heterocycles. The van der Waals surface area contributed by atoms with Crippen LogP contribution in [0.5, 0.6) is 5.75 Å². The van der Waals surface area contributed by atoms with Crippen molar-refractivity contribution in [1.82, 2.24) is 5.32 Å². The van der Waals surface area contributed by atoms with E-state index in [-0.39, 0.29) is 11.9 Å². The van der Waals surface area contributed by atoms with Crippen molar-refractivity contribution in [2.75, 3.05) is 20.3 Å². The Labute approximate surface area is 121 Å². The van der Waals surface area contributed by atoms with Gasteiger partial charge in [0.05, 0.1) is 19.6 Å². The first kappa shape index (κ1) is 14.3. The number of esters is 1. The van der Waals surface area contributed by atoms with E-state index in [0.29, 0.717) is 13.1 Å². The molecular formula is C14H18BrNO3. The molecule has 1 aliphatic heterocycles. The molecule has 1 unspecified atom stereocenters. The molecule has 19 heavy (non-hydrogen) atoms. The van der Waals surface area contributed by atoms with Crippen LogP contribution in [0.4, 0.5) is 0 Å². The van der Waals surface area contributed by atoms with Crippen molar-refractivity contribution in [1.29, 1.82) is 0 Å². The van der Waals surface area contributed by atoms with Crippen LogP contribution in [0.15, 0.2) is 16.6 Å². The molecule has 1 aromatic rings. The monoisotopic (exact) mass is 327 g/mol. The van der Waals surface area contributed by atoms with Gasteiger partial charge < -0.3 is 14.8 Å². The molecule has 0 saturated carbocycles. The molecule has 0 saturated heterocycles. The molecule has 1 heterocycles. The van der Waals surface area contributed by atoms with Gasteiger partial charge in [0.1, 0.15) is 5.75 Å². The minimum Gasteiger partial charge on any atom is -0.493 e. The average Bonchev–Trinajstić information content (AvgIpc) is 2.85. The predicted octanol–water partition coefficient (Wildman–Crippen LogP) is 2.28. The number of benzene rings is 1. The summed E-state index contributed by atoms with van der Waals surface area (Å²) in [6, 6.07) is 4.16. The molecule has 5 heteroatoms. The second kappa shape index (κ2) is 6.39. The molecule has 0 radical (unpaired) electrons. The summed E-state index contributed by atoms with van der Waals surface area (Å²) in [5, 5.41) is 3.27. The highest BCUT2D eigenvalue weighted by Gasteiger charge is 2.18. The van der Waals surface area contributed by atoms with Gasteiger partial charge in [-0.2, -0.15) is 0 Å². The number of carbonyl (C=O) groups excluding carboxylic acids is 1. The zero-order valence-electron chi connectivity index (χ0n) is 11.2. The molecule has 1 N–H and O–H groups in total. The van der Waals surface area contributed by atoms with E-state index in [2.05, 4.69) is 33.4 Å². The second-order valence-corrected chi connectivity index (χ2v) is 5.62. The van der Waals surface area contributed by atoms with E-state index < -0.39 is 0 Å². The third-order valence-electron chi connectivity index (χ3n) is 3.19. The maximum atomic E-state index is 11.3. The van der Waals surface area contributed by atoms with E-state index in [1.54, 1.807) is 0 Å². The zero-order valence-corrected chi connectivity index (χ0v) is 12.7. The summed E-state index contributed by atoms with van der Waals surface area (Å²) in [4.78, 5) is 11.3. The number of hydrogen-bond donors (Lipinski definition) is 1. The summed E-state index contributed by atoms with van der Waals surface area (Å²) in [6.07, 6.45) is 0.959. The second-order valence-electron chi connectivity index (χ2n) is 4.71. The van der Waals surface area contributed by atoms with Gasteiger partial charge in [-0.05, 0) is 17.7 Å². The minimum absolute atomic E-state index is 0.147. The van der Waals surface area contributed by atoms with Crippen LogP contribution in [0, 0.1) is 5.92 Å². The van der Waals surface area contributed by atoms with Gasteiger partial charge in [-0.15, -0.1) is 0 Å². The van der Waals surface area contributed by atoms with Gasteiger partial charge >= 0.3 is 5.97 Å². The van der Waals surface area contributed by atoms with E-state index in [1.807, 2.05) is 6.92 Å². The molecule has 1 aliphatic rings. The highest BCUT2D eigenvalue weighted by atomic mass is 79.9. The molecule has 0 amide bonds. The van der Waals surface area contributed by atoms with Crippen LogP contribution in [0.3, 0.4) is 0 Å². The van der Waals surface area contributed by atoms with Crippen molar-refractivity contribution in [3.05, 3.63) is 27.7 Å². The van der Waals surface area contributed by atoms with Gasteiger partial charge in [0.25, 0.3) is 0 Å². The lowest BCUT2D eigenvalue weighted by molar-refractivity contribution is -0.144. The molecule has 1 aromatic carbocycles. The summed E-state index contributed by atoms with van der Waals surface area (Å²) in [5.74, 6) is 0.649. The highest BCUT2D eigenvalue weighted by molar-refractivity contribution is 9.10. The Morgan fingerprint density at radius 2 is 2.37 bits per heavy atom. The van der Waals surface area contributed by atoms with Crippen LogP contribution < -0.4 is 10.1 Å². The molecule has 0 aliphatic carbocycles. The maximum Gasteiger partial charge on any atom is 0.309 e. The summed E-state index contributed by atoms with van der Waals surface area (Å²) in [5.41, 5.74) is 2.37. The molecule has 1 atom stereocenters. The fourth-order valence-corrected chi connectivity index (χ4v) is 2.74. The third kappa shape index (κ3) is 3.48. The van der Waals surface area contributed by atoms with Crippen molar-refractivity contribution in [3.63, 3.8) is 0 Å². The average molecular weight is 328 g/mol. The van der Waals surface area contributed by atoms with Gasteiger partial charge in [0.2, 0.25) is 0 Å². The summed E-state index contributed by atoms with van der Waals surface area (Å²) in [7, 11) is 1.41. The van der Waals surface area contributed by atoms with E-state index >= 15 is 0 Å². The first-order valence-electron chi connectivity index (χ1n) is 6.34. The maximum absolute atomic E-state index is 11.3. The van der Waals surface area contributed by atoms with Crippen molar-refractivity contribution >= 4 is 21.9 Å². The Kier molecular flexibility index (Phi) is 4.82. The van der Waals surface area contributed by atoms with Gasteiger partial charge in [-0.1, -0.05) is 22.9 Å². The van der Waals surface area contributed by atoms with Crippen LogP contribution in [-0.4, -0.2) is 26.2 Å². The summed E-state index contributed by atoms with van der Waals surface area (Å²) in [6.45, 7) is 3.87. The summed E-state index contributed by atoms with van der Waals surface area (Å²) >= 11 is 3.51. The predicted molar refractivity (Wildman–Crippen MR) is 76.2 cm³/mol. The molecule has 4 nitrogen and oxygen atoms in total. The Hall–Kier alpha value is -1.07. The lowest BCUT2D eigenvalue weighted by Crippen LogP contribution is -2.27. The number of hydrogen-bond acceptors (Lipinski definition) is 4. The lowest BCUT2D eigenvalue weighted by Gasteiger charge is -2.13. The van der Waals surface area contributed by atoms with Gasteiger partial charge in [0.15, 0.2) is 0 Å². The standard InChI is InChI=1S/C14H18BrNO3/c1-9(14(17)18-2)7-16-8-11-6-12(15)5-10-3-4-19-13(10)11/h5-6,9,16H,3-4,7-8H2,1-2H3. The van der Waals surface area contributed by atoms with Crippen LogP contribution in [-0.2, 0) is 22.5 Å². The summed E-state index contributed by atoms with van der Waals surface area (Å²) < 4.78 is 11.4. The minimum atomic E-state index is -0.191. The fourth-order valence-electron chi connectivity index (χ4n) is 2.19. The van der Waals surface area contributed by atoms with Crippen LogP contribution >= 0.6 is 15.9 Å². The van der Waals surface area contributed by atoms with Gasteiger partial charge in [0, 0.05) is 29.5 Å². The Balaban J connectivity index is 1.95. The van der Waals surface area contributed by atoms with Gasteiger partial charge in [-0.3, -0.25) is 4.79 Å². The van der Waals surface area contributed by atoms with E-state index in [4.69, 9.17) is 9.47 Å². The number of ether oxygens (including phenoxy) is 2. The Morgan fingerprint density at radius 3 is 3.11 bits per heavy atom. The number of methoxy groups -OCH3 is 1. The lowest BCUT2D eigenvalue weighted by atomic mass is 10.1. The molecule has 2 rings (SSSR count). The SMILES string of the molecule is COC(=O)C(C)CNCc1cc(Br)cc2c1OCC2. The fraction of sp³-hybridized carbons (Fsp3) is 0.500. The number of fused-ring (bicyclic) bond motifs is 1. The Bertz CT molecular complexity index is 476. The number of carbonyl (C=O) groups is 1. The topological polar surface area (TPSA) is 47.6 Å². The van der Waals surface area contributed by atoms with E-state index in [1.165, 1.54) is 12.7 Å². The first-order chi connectivity index (χ1) is 9.11. The molecule has 104 valence electrons. The van der Waals surface area contributed by atoms with E-state index in [0.717, 1.165) is 28.8 Å². The van der Waals surface area contributed by atoms with Crippen molar-refractivity contribution in [3.8, 4) is 5.75 Å². The van der Waals surface area contributed by atoms with Crippen LogP contribution in [0.2, 0.25) is 0 Å². The normalized spacial score (nSPS) is 14.7.